The van der Waals surface area contributed by atoms with E-state index in [0.29, 0.717) is 0 Å². The van der Waals surface area contributed by atoms with Gasteiger partial charge >= 0.3 is 0 Å². The first kappa shape index (κ1) is 15.2. The molecule has 0 aromatic heterocycles. The smallest absolute Gasteiger partial charge is 0.0380 e. The highest BCUT2D eigenvalue weighted by Gasteiger charge is 2.10. The van der Waals surface area contributed by atoms with Gasteiger partial charge in [0.25, 0.3) is 0 Å². The van der Waals surface area contributed by atoms with Crippen LogP contribution in [0.5, 0.6) is 0 Å². The van der Waals surface area contributed by atoms with Crippen molar-refractivity contribution < 1.29 is 0 Å². The highest BCUT2D eigenvalue weighted by atomic mass is 28.3. The Kier molecular flexibility index (Phi) is 10.8. The molecule has 15 heavy (non-hydrogen) atoms. The fraction of sp³-hybridized carbons (Fsp3) is 1.00. The molecule has 1 unspecified atom stereocenters. The standard InChI is InChI=1S/C13H31NSi/c1-5-9-12-15(11-6-2)13-10-14(7-3)8-4/h15H,5-13H2,1-4H3. The van der Waals surface area contributed by atoms with Crippen LogP contribution in [0.2, 0.25) is 18.1 Å². The summed E-state index contributed by atoms with van der Waals surface area (Å²) >= 11 is 0. The minimum absolute atomic E-state index is 0.377. The van der Waals surface area contributed by atoms with E-state index in [-0.39, 0.29) is 8.80 Å². The Hall–Kier alpha value is 0.177. The Labute approximate surface area is 98.9 Å². The Morgan fingerprint density at radius 1 is 0.800 bits per heavy atom. The van der Waals surface area contributed by atoms with E-state index in [9.17, 15) is 0 Å². The van der Waals surface area contributed by atoms with Gasteiger partial charge in [-0.05, 0) is 25.7 Å². The monoisotopic (exact) mass is 229 g/mol. The molecule has 0 N–H and O–H groups in total. The van der Waals surface area contributed by atoms with E-state index in [1.54, 1.807) is 18.1 Å². The molecule has 0 radical (unpaired) electrons. The third-order valence-electron chi connectivity index (χ3n) is 3.41. The van der Waals surface area contributed by atoms with Crippen molar-refractivity contribution in [2.75, 3.05) is 19.6 Å². The molecule has 0 saturated heterocycles. The molecule has 1 atom stereocenters. The van der Waals surface area contributed by atoms with Crippen LogP contribution in [-0.4, -0.2) is 33.3 Å². The summed E-state index contributed by atoms with van der Waals surface area (Å²) < 4.78 is 0. The Bertz CT molecular complexity index is 124. The largest absolute Gasteiger partial charge is 0.304 e. The van der Waals surface area contributed by atoms with Crippen LogP contribution in [0.25, 0.3) is 0 Å². The first-order valence-electron chi connectivity index (χ1n) is 7.00. The average molecular weight is 229 g/mol. The van der Waals surface area contributed by atoms with Gasteiger partial charge in [-0.2, -0.15) is 0 Å². The summed E-state index contributed by atoms with van der Waals surface area (Å²) in [5.41, 5.74) is 0. The summed E-state index contributed by atoms with van der Waals surface area (Å²) in [5, 5.41) is 0. The molecule has 0 aliphatic rings. The predicted molar refractivity (Wildman–Crippen MR) is 74.6 cm³/mol. The summed E-state index contributed by atoms with van der Waals surface area (Å²) in [7, 11) is -0.377. The van der Waals surface area contributed by atoms with Gasteiger partial charge < -0.3 is 4.90 Å². The molecule has 0 heterocycles. The maximum absolute atomic E-state index is 2.58. The van der Waals surface area contributed by atoms with Crippen molar-refractivity contribution in [1.82, 2.24) is 4.90 Å². The zero-order chi connectivity index (χ0) is 11.5. The highest BCUT2D eigenvalue weighted by Crippen LogP contribution is 2.12. The fourth-order valence-corrected chi connectivity index (χ4v) is 5.64. The van der Waals surface area contributed by atoms with E-state index >= 15 is 0 Å². The summed E-state index contributed by atoms with van der Waals surface area (Å²) in [6.45, 7) is 13.1. The molecule has 0 rings (SSSR count). The maximum atomic E-state index is 2.58. The molecule has 2 heteroatoms. The Morgan fingerprint density at radius 3 is 1.93 bits per heavy atom. The molecule has 0 aromatic rings. The molecule has 1 nitrogen and oxygen atoms in total. The number of unbranched alkanes of at least 4 members (excludes halogenated alkanes) is 1. The average Bonchev–Trinajstić information content (AvgIpc) is 2.27. The van der Waals surface area contributed by atoms with Crippen molar-refractivity contribution in [2.24, 2.45) is 0 Å². The molecule has 0 amide bonds. The van der Waals surface area contributed by atoms with Crippen molar-refractivity contribution in [3.05, 3.63) is 0 Å². The van der Waals surface area contributed by atoms with E-state index in [1.807, 2.05) is 0 Å². The number of rotatable bonds is 10. The highest BCUT2D eigenvalue weighted by molar-refractivity contribution is 6.58. The molecular formula is C13H31NSi. The van der Waals surface area contributed by atoms with Gasteiger partial charge in [0.05, 0.1) is 0 Å². The topological polar surface area (TPSA) is 3.24 Å². The Morgan fingerprint density at radius 2 is 1.47 bits per heavy atom. The first-order valence-corrected chi connectivity index (χ1v) is 9.45. The van der Waals surface area contributed by atoms with E-state index in [0.717, 1.165) is 0 Å². The van der Waals surface area contributed by atoms with Crippen LogP contribution in [0, 0.1) is 0 Å². The molecule has 0 saturated carbocycles. The number of hydrogen-bond donors (Lipinski definition) is 0. The molecule has 0 spiro atoms. The van der Waals surface area contributed by atoms with Crippen molar-refractivity contribution >= 4 is 8.80 Å². The summed E-state index contributed by atoms with van der Waals surface area (Å²) in [6, 6.07) is 4.71. The van der Waals surface area contributed by atoms with Crippen molar-refractivity contribution in [1.29, 1.82) is 0 Å². The van der Waals surface area contributed by atoms with Gasteiger partial charge in [-0.25, -0.2) is 0 Å². The van der Waals surface area contributed by atoms with Crippen LogP contribution in [-0.2, 0) is 0 Å². The Balaban J connectivity index is 3.72. The van der Waals surface area contributed by atoms with Crippen molar-refractivity contribution in [3.8, 4) is 0 Å². The second-order valence-corrected chi connectivity index (χ2v) is 8.08. The van der Waals surface area contributed by atoms with E-state index < -0.39 is 0 Å². The SMILES string of the molecule is CCCC[SiH](CCC)CCN(CC)CC. The number of nitrogens with zero attached hydrogens (tertiary/aromatic N) is 1. The van der Waals surface area contributed by atoms with Gasteiger partial charge in [-0.15, -0.1) is 0 Å². The van der Waals surface area contributed by atoms with Crippen LogP contribution < -0.4 is 0 Å². The second-order valence-electron chi connectivity index (χ2n) is 4.61. The van der Waals surface area contributed by atoms with Crippen LogP contribution in [0.15, 0.2) is 0 Å². The van der Waals surface area contributed by atoms with Gasteiger partial charge in [0.1, 0.15) is 0 Å². The zero-order valence-corrected chi connectivity index (χ0v) is 12.5. The third kappa shape index (κ3) is 8.03. The molecular weight excluding hydrogens is 198 g/mol. The van der Waals surface area contributed by atoms with Gasteiger partial charge in [0.2, 0.25) is 0 Å². The quantitative estimate of drug-likeness (QED) is 0.516. The van der Waals surface area contributed by atoms with Crippen LogP contribution in [0.3, 0.4) is 0 Å². The molecule has 0 bridgehead atoms. The van der Waals surface area contributed by atoms with Crippen LogP contribution in [0.1, 0.15) is 47.0 Å². The molecule has 0 aromatic carbocycles. The van der Waals surface area contributed by atoms with E-state index in [4.69, 9.17) is 0 Å². The lowest BCUT2D eigenvalue weighted by molar-refractivity contribution is 0.320. The van der Waals surface area contributed by atoms with E-state index in [2.05, 4.69) is 32.6 Å². The zero-order valence-electron chi connectivity index (χ0n) is 11.4. The third-order valence-corrected chi connectivity index (χ3v) is 7.10. The minimum Gasteiger partial charge on any atom is -0.304 e. The molecule has 0 fully saturated rings. The predicted octanol–water partition coefficient (Wildman–Crippen LogP) is 3.77. The fourth-order valence-electron chi connectivity index (χ4n) is 2.24. The minimum atomic E-state index is -0.377. The lowest BCUT2D eigenvalue weighted by atomic mass is 10.4. The van der Waals surface area contributed by atoms with Gasteiger partial charge in [0.15, 0.2) is 0 Å². The second kappa shape index (κ2) is 10.7. The molecule has 92 valence electrons. The van der Waals surface area contributed by atoms with Gasteiger partial charge in [0, 0.05) is 8.80 Å². The first-order chi connectivity index (χ1) is 7.28. The summed E-state index contributed by atoms with van der Waals surface area (Å²) in [4.78, 5) is 2.58. The normalized spacial score (nSPS) is 13.4. The van der Waals surface area contributed by atoms with Gasteiger partial charge in [-0.3, -0.25) is 0 Å². The van der Waals surface area contributed by atoms with Crippen molar-refractivity contribution in [2.45, 2.75) is 65.1 Å². The number of hydrogen-bond acceptors (Lipinski definition) is 1. The molecule has 0 aliphatic heterocycles. The molecule has 0 aliphatic carbocycles. The van der Waals surface area contributed by atoms with Gasteiger partial charge in [-0.1, -0.05) is 59.0 Å². The summed E-state index contributed by atoms with van der Waals surface area (Å²) in [6.07, 6.45) is 4.28. The lowest BCUT2D eigenvalue weighted by Crippen LogP contribution is -2.27. The van der Waals surface area contributed by atoms with Crippen molar-refractivity contribution in [3.63, 3.8) is 0 Å². The van der Waals surface area contributed by atoms with Crippen LogP contribution in [0.4, 0.5) is 0 Å². The summed E-state index contributed by atoms with van der Waals surface area (Å²) in [5.74, 6) is 0. The lowest BCUT2D eigenvalue weighted by Gasteiger charge is -2.21. The maximum Gasteiger partial charge on any atom is 0.0380 e. The van der Waals surface area contributed by atoms with E-state index in [1.165, 1.54) is 38.9 Å². The van der Waals surface area contributed by atoms with Crippen LogP contribution >= 0.6 is 0 Å².